The predicted octanol–water partition coefficient (Wildman–Crippen LogP) is 2.28. The van der Waals surface area contributed by atoms with E-state index < -0.39 is 0 Å². The van der Waals surface area contributed by atoms with Gasteiger partial charge in [0, 0.05) is 11.3 Å². The summed E-state index contributed by atoms with van der Waals surface area (Å²) in [7, 11) is 1.61. The molecule has 0 aliphatic rings. The summed E-state index contributed by atoms with van der Waals surface area (Å²) in [6.07, 6.45) is 0. The zero-order valence-electron chi connectivity index (χ0n) is 9.66. The van der Waals surface area contributed by atoms with E-state index in [0.29, 0.717) is 11.4 Å². The van der Waals surface area contributed by atoms with E-state index in [-0.39, 0.29) is 0 Å². The Morgan fingerprint density at radius 2 is 2.06 bits per heavy atom. The lowest BCUT2D eigenvalue weighted by Crippen LogP contribution is -1.93. The molecule has 1 aromatic heterocycles. The summed E-state index contributed by atoms with van der Waals surface area (Å²) in [6, 6.07) is 5.69. The number of H-pyrrole nitrogens is 1. The Morgan fingerprint density at radius 3 is 2.56 bits per heavy atom. The van der Waals surface area contributed by atoms with Crippen molar-refractivity contribution in [3.05, 3.63) is 29.5 Å². The summed E-state index contributed by atoms with van der Waals surface area (Å²) in [5.74, 6) is 0.689. The smallest absolute Gasteiger partial charge is 0.141 e. The summed E-state index contributed by atoms with van der Waals surface area (Å²) in [6.45, 7) is 4.04. The van der Waals surface area contributed by atoms with Crippen LogP contribution in [0.2, 0.25) is 0 Å². The molecular weight excluding hydrogens is 202 g/mol. The molecule has 0 saturated heterocycles. The lowest BCUT2D eigenvalue weighted by Gasteiger charge is -2.06. The molecule has 2 aromatic rings. The number of aromatic nitrogens is 2. The second-order valence-corrected chi connectivity index (χ2v) is 3.78. The molecule has 84 valence electrons. The normalized spacial score (nSPS) is 10.4. The standard InChI is InChI=1S/C12H15N3O/c1-7-8(2)14-15-12(7)9-4-5-11(16-3)10(13)6-9/h4-6H,13H2,1-3H3,(H,14,15). The van der Waals surface area contributed by atoms with E-state index >= 15 is 0 Å². The van der Waals surface area contributed by atoms with Gasteiger partial charge >= 0.3 is 0 Å². The third-order valence-corrected chi connectivity index (χ3v) is 2.76. The quantitative estimate of drug-likeness (QED) is 0.758. The Morgan fingerprint density at radius 1 is 1.31 bits per heavy atom. The van der Waals surface area contributed by atoms with Crippen molar-refractivity contribution >= 4 is 5.69 Å². The van der Waals surface area contributed by atoms with Crippen LogP contribution in [-0.2, 0) is 0 Å². The molecule has 0 amide bonds. The first-order valence-corrected chi connectivity index (χ1v) is 5.09. The molecule has 0 spiro atoms. The average Bonchev–Trinajstić information content (AvgIpc) is 2.60. The van der Waals surface area contributed by atoms with Crippen molar-refractivity contribution in [1.29, 1.82) is 0 Å². The van der Waals surface area contributed by atoms with Gasteiger partial charge < -0.3 is 10.5 Å². The molecule has 16 heavy (non-hydrogen) atoms. The number of ether oxygens (including phenoxy) is 1. The molecule has 4 heteroatoms. The van der Waals surface area contributed by atoms with Crippen LogP contribution >= 0.6 is 0 Å². The zero-order chi connectivity index (χ0) is 11.7. The first-order valence-electron chi connectivity index (χ1n) is 5.09. The van der Waals surface area contributed by atoms with Gasteiger partial charge in [0.25, 0.3) is 0 Å². The Labute approximate surface area is 94.4 Å². The maximum atomic E-state index is 5.86. The topological polar surface area (TPSA) is 63.9 Å². The highest BCUT2D eigenvalue weighted by Crippen LogP contribution is 2.29. The molecule has 4 nitrogen and oxygen atoms in total. The number of anilines is 1. The number of nitrogens with one attached hydrogen (secondary N) is 1. The van der Waals surface area contributed by atoms with Crippen molar-refractivity contribution in [3.8, 4) is 17.0 Å². The monoisotopic (exact) mass is 217 g/mol. The van der Waals surface area contributed by atoms with Crippen LogP contribution in [0.5, 0.6) is 5.75 Å². The van der Waals surface area contributed by atoms with Gasteiger partial charge in [0.05, 0.1) is 18.5 Å². The second-order valence-electron chi connectivity index (χ2n) is 3.78. The minimum Gasteiger partial charge on any atom is -0.495 e. The molecule has 0 radical (unpaired) electrons. The van der Waals surface area contributed by atoms with Crippen LogP contribution in [0.3, 0.4) is 0 Å². The fourth-order valence-electron chi connectivity index (χ4n) is 1.65. The fraction of sp³-hybridized carbons (Fsp3) is 0.250. The number of nitrogen functional groups attached to an aromatic ring is 1. The Bertz CT molecular complexity index is 517. The minimum absolute atomic E-state index is 0.625. The first kappa shape index (κ1) is 10.5. The van der Waals surface area contributed by atoms with Gasteiger partial charge in [0.1, 0.15) is 5.75 Å². The Balaban J connectivity index is 2.49. The van der Waals surface area contributed by atoms with Crippen LogP contribution in [0.15, 0.2) is 18.2 Å². The molecular formula is C12H15N3O. The average molecular weight is 217 g/mol. The van der Waals surface area contributed by atoms with Crippen molar-refractivity contribution in [1.82, 2.24) is 10.2 Å². The second kappa shape index (κ2) is 3.89. The van der Waals surface area contributed by atoms with Gasteiger partial charge in [-0.15, -0.1) is 0 Å². The maximum absolute atomic E-state index is 5.86. The van der Waals surface area contributed by atoms with E-state index in [0.717, 1.165) is 22.5 Å². The molecule has 1 aromatic carbocycles. The molecule has 0 unspecified atom stereocenters. The molecule has 0 bridgehead atoms. The number of nitrogens with two attached hydrogens (primary N) is 1. The number of nitrogens with zero attached hydrogens (tertiary/aromatic N) is 1. The molecule has 3 N–H and O–H groups in total. The van der Waals surface area contributed by atoms with Gasteiger partial charge in [0.2, 0.25) is 0 Å². The van der Waals surface area contributed by atoms with Gasteiger partial charge in [-0.2, -0.15) is 5.10 Å². The fourth-order valence-corrected chi connectivity index (χ4v) is 1.65. The van der Waals surface area contributed by atoms with E-state index in [9.17, 15) is 0 Å². The molecule has 0 saturated carbocycles. The molecule has 0 aliphatic heterocycles. The van der Waals surface area contributed by atoms with Gasteiger partial charge in [0.15, 0.2) is 0 Å². The van der Waals surface area contributed by atoms with Gasteiger partial charge in [-0.3, -0.25) is 5.10 Å². The number of benzene rings is 1. The lowest BCUT2D eigenvalue weighted by molar-refractivity contribution is 0.417. The molecule has 0 fully saturated rings. The molecule has 1 heterocycles. The van der Waals surface area contributed by atoms with Gasteiger partial charge in [-0.25, -0.2) is 0 Å². The van der Waals surface area contributed by atoms with Crippen molar-refractivity contribution in [2.45, 2.75) is 13.8 Å². The number of methoxy groups -OCH3 is 1. The van der Waals surface area contributed by atoms with Gasteiger partial charge in [-0.1, -0.05) is 0 Å². The SMILES string of the molecule is COc1ccc(-c2n[nH]c(C)c2C)cc1N. The number of aryl methyl sites for hydroxylation is 1. The van der Waals surface area contributed by atoms with Crippen molar-refractivity contribution in [2.24, 2.45) is 0 Å². The van der Waals surface area contributed by atoms with Crippen molar-refractivity contribution in [2.75, 3.05) is 12.8 Å². The lowest BCUT2D eigenvalue weighted by atomic mass is 10.1. The number of hydrogen-bond acceptors (Lipinski definition) is 3. The number of rotatable bonds is 2. The third-order valence-electron chi connectivity index (χ3n) is 2.76. The summed E-state index contributed by atoms with van der Waals surface area (Å²) in [5, 5.41) is 7.22. The first-order chi connectivity index (χ1) is 7.63. The summed E-state index contributed by atoms with van der Waals surface area (Å²) < 4.78 is 5.12. The Kier molecular flexibility index (Phi) is 2.56. The molecule has 0 aliphatic carbocycles. The number of aromatic amines is 1. The maximum Gasteiger partial charge on any atom is 0.141 e. The summed E-state index contributed by atoms with van der Waals surface area (Å²) in [5.41, 5.74) is 10.6. The van der Waals surface area contributed by atoms with E-state index in [4.69, 9.17) is 10.5 Å². The Hall–Kier alpha value is -1.97. The van der Waals surface area contributed by atoms with Crippen molar-refractivity contribution < 1.29 is 4.74 Å². The van der Waals surface area contributed by atoms with Crippen molar-refractivity contribution in [3.63, 3.8) is 0 Å². The predicted molar refractivity (Wildman–Crippen MR) is 64.5 cm³/mol. The summed E-state index contributed by atoms with van der Waals surface area (Å²) in [4.78, 5) is 0. The van der Waals surface area contributed by atoms with Crippen LogP contribution in [0, 0.1) is 13.8 Å². The van der Waals surface area contributed by atoms with Crippen LogP contribution in [-0.4, -0.2) is 17.3 Å². The highest BCUT2D eigenvalue weighted by Gasteiger charge is 2.09. The van der Waals surface area contributed by atoms with E-state index in [1.54, 1.807) is 7.11 Å². The van der Waals surface area contributed by atoms with Crippen LogP contribution in [0.25, 0.3) is 11.3 Å². The number of hydrogen-bond donors (Lipinski definition) is 2. The van der Waals surface area contributed by atoms with Crippen LogP contribution in [0.1, 0.15) is 11.3 Å². The third kappa shape index (κ3) is 1.62. The van der Waals surface area contributed by atoms with E-state index in [2.05, 4.69) is 10.2 Å². The summed E-state index contributed by atoms with van der Waals surface area (Å²) >= 11 is 0. The zero-order valence-corrected chi connectivity index (χ0v) is 9.66. The molecule has 2 rings (SSSR count). The van der Waals surface area contributed by atoms with E-state index in [1.807, 2.05) is 32.0 Å². The largest absolute Gasteiger partial charge is 0.495 e. The van der Waals surface area contributed by atoms with Crippen LogP contribution in [0.4, 0.5) is 5.69 Å². The van der Waals surface area contributed by atoms with Crippen LogP contribution < -0.4 is 10.5 Å². The minimum atomic E-state index is 0.625. The molecule has 0 atom stereocenters. The highest BCUT2D eigenvalue weighted by molar-refractivity contribution is 5.70. The van der Waals surface area contributed by atoms with E-state index in [1.165, 1.54) is 0 Å². The highest BCUT2D eigenvalue weighted by atomic mass is 16.5. The van der Waals surface area contributed by atoms with Gasteiger partial charge in [-0.05, 0) is 37.6 Å².